The molecule has 0 aliphatic heterocycles. The number of pyridine rings is 1. The van der Waals surface area contributed by atoms with Gasteiger partial charge in [0.25, 0.3) is 0 Å². The van der Waals surface area contributed by atoms with E-state index in [1.165, 1.54) is 5.56 Å². The Kier molecular flexibility index (Phi) is 8.13. The zero-order valence-corrected chi connectivity index (χ0v) is 20.2. The zero-order chi connectivity index (χ0) is 25.5. The molecule has 0 saturated carbocycles. The van der Waals surface area contributed by atoms with Gasteiger partial charge < -0.3 is 20.0 Å². The fraction of sp³-hybridized carbons (Fsp3) is 0.276. The Morgan fingerprint density at radius 2 is 1.86 bits per heavy atom. The number of hydrogen-bond donors (Lipinski definition) is 2. The molecule has 2 aromatic heterocycles. The van der Waals surface area contributed by atoms with Gasteiger partial charge in [-0.05, 0) is 86.2 Å². The van der Waals surface area contributed by atoms with Crippen LogP contribution in [-0.2, 0) is 17.6 Å². The van der Waals surface area contributed by atoms with Gasteiger partial charge in [0.15, 0.2) is 0 Å². The van der Waals surface area contributed by atoms with Crippen molar-refractivity contribution in [3.8, 4) is 5.75 Å². The Bertz CT molecular complexity index is 1380. The van der Waals surface area contributed by atoms with E-state index in [9.17, 15) is 14.7 Å². The van der Waals surface area contributed by atoms with E-state index in [1.807, 2.05) is 55.5 Å². The average Bonchev–Trinajstić information content (AvgIpc) is 2.87. The largest absolute Gasteiger partial charge is 0.494 e. The summed E-state index contributed by atoms with van der Waals surface area (Å²) in [6, 6.07) is 18.3. The number of aromatic nitrogens is 1. The summed E-state index contributed by atoms with van der Waals surface area (Å²) in [6.07, 6.45) is 5.19. The molecular weight excluding hydrogens is 456 g/mol. The highest BCUT2D eigenvalue weighted by molar-refractivity contribution is 5.80. The number of carbonyl (C=O) groups excluding carboxylic acids is 1. The summed E-state index contributed by atoms with van der Waals surface area (Å²) in [5, 5.41) is 11.7. The number of aliphatic hydroxyl groups is 1. The highest BCUT2D eigenvalue weighted by atomic mass is 16.5. The maximum atomic E-state index is 12.6. The van der Waals surface area contributed by atoms with E-state index in [-0.39, 0.29) is 12.0 Å². The molecule has 7 nitrogen and oxygen atoms in total. The number of nitrogens with two attached hydrogens (primary N) is 1. The van der Waals surface area contributed by atoms with Crippen molar-refractivity contribution in [2.24, 2.45) is 11.7 Å². The van der Waals surface area contributed by atoms with Crippen molar-refractivity contribution in [2.45, 2.75) is 38.7 Å². The molecule has 0 saturated heterocycles. The molecule has 2 unspecified atom stereocenters. The van der Waals surface area contributed by atoms with Crippen molar-refractivity contribution >= 4 is 16.9 Å². The Morgan fingerprint density at radius 3 is 2.64 bits per heavy atom. The van der Waals surface area contributed by atoms with Crippen molar-refractivity contribution in [2.75, 3.05) is 6.61 Å². The molecule has 186 valence electrons. The topological polar surface area (TPSA) is 116 Å². The standard InChI is InChI=1S/C29H30N2O5/c1-19-8-9-26-22(15-19)18-25(29(34)36-26)27(32)24(28(30)33)17-21-6-4-7-23(16-21)35-14-3-2-5-20-10-12-31-13-11-20/h4,6-13,15-16,18,24,27,32H,2-3,5,14,17H2,1H3,(H2,30,33). The molecule has 0 spiro atoms. The highest BCUT2D eigenvalue weighted by Crippen LogP contribution is 2.27. The van der Waals surface area contributed by atoms with Crippen LogP contribution in [0.15, 0.2) is 82.3 Å². The van der Waals surface area contributed by atoms with Gasteiger partial charge in [0, 0.05) is 17.8 Å². The number of fused-ring (bicyclic) bond motifs is 1. The molecule has 2 atom stereocenters. The van der Waals surface area contributed by atoms with Crippen LogP contribution in [0.25, 0.3) is 11.0 Å². The number of benzene rings is 2. The number of carbonyl (C=O) groups is 1. The van der Waals surface area contributed by atoms with E-state index >= 15 is 0 Å². The smallest absolute Gasteiger partial charge is 0.342 e. The molecule has 0 radical (unpaired) electrons. The van der Waals surface area contributed by atoms with Crippen molar-refractivity contribution in [1.29, 1.82) is 0 Å². The van der Waals surface area contributed by atoms with Crippen LogP contribution in [0.1, 0.15) is 41.2 Å². The number of rotatable bonds is 11. The summed E-state index contributed by atoms with van der Waals surface area (Å²) >= 11 is 0. The third-order valence-corrected chi connectivity index (χ3v) is 6.21. The van der Waals surface area contributed by atoms with Crippen LogP contribution in [0.5, 0.6) is 5.75 Å². The fourth-order valence-corrected chi connectivity index (χ4v) is 4.24. The van der Waals surface area contributed by atoms with Crippen molar-refractivity contribution in [3.63, 3.8) is 0 Å². The van der Waals surface area contributed by atoms with Gasteiger partial charge in [0.2, 0.25) is 5.91 Å². The van der Waals surface area contributed by atoms with E-state index in [1.54, 1.807) is 24.5 Å². The number of aryl methyl sites for hydroxylation is 2. The van der Waals surface area contributed by atoms with Crippen molar-refractivity contribution in [1.82, 2.24) is 4.98 Å². The van der Waals surface area contributed by atoms with Gasteiger partial charge >= 0.3 is 5.63 Å². The number of primary amides is 1. The van der Waals surface area contributed by atoms with Crippen LogP contribution in [0.2, 0.25) is 0 Å². The number of aliphatic hydroxyl groups excluding tert-OH is 1. The first-order chi connectivity index (χ1) is 17.4. The summed E-state index contributed by atoms with van der Waals surface area (Å²) in [5.74, 6) is -1.03. The quantitative estimate of drug-likeness (QED) is 0.242. The van der Waals surface area contributed by atoms with E-state index in [2.05, 4.69) is 4.98 Å². The zero-order valence-electron chi connectivity index (χ0n) is 20.2. The number of amides is 1. The third kappa shape index (κ3) is 6.37. The van der Waals surface area contributed by atoms with E-state index in [0.717, 1.165) is 30.4 Å². The summed E-state index contributed by atoms with van der Waals surface area (Å²) in [7, 11) is 0. The molecule has 1 amide bonds. The lowest BCUT2D eigenvalue weighted by Gasteiger charge is -2.20. The second-order valence-electron chi connectivity index (χ2n) is 9.00. The molecule has 0 aliphatic carbocycles. The SMILES string of the molecule is Cc1ccc2oc(=O)c(C(O)C(Cc3cccc(OCCCCc4ccncc4)c3)C(N)=O)cc2c1. The Labute approximate surface area is 209 Å². The van der Waals surface area contributed by atoms with Gasteiger partial charge in [-0.25, -0.2) is 4.79 Å². The molecule has 7 heteroatoms. The molecular formula is C29H30N2O5. The molecule has 2 aromatic carbocycles. The molecule has 0 bridgehead atoms. The minimum absolute atomic E-state index is 0.0125. The van der Waals surface area contributed by atoms with Crippen LogP contribution < -0.4 is 16.1 Å². The minimum atomic E-state index is -1.40. The number of hydrogen-bond acceptors (Lipinski definition) is 6. The number of ether oxygens (including phenoxy) is 1. The molecule has 36 heavy (non-hydrogen) atoms. The number of nitrogens with zero attached hydrogens (tertiary/aromatic N) is 1. The predicted molar refractivity (Wildman–Crippen MR) is 138 cm³/mol. The van der Waals surface area contributed by atoms with Crippen molar-refractivity contribution in [3.05, 3.63) is 106 Å². The van der Waals surface area contributed by atoms with Gasteiger partial charge in [-0.2, -0.15) is 0 Å². The maximum absolute atomic E-state index is 12.6. The first-order valence-corrected chi connectivity index (χ1v) is 12.0. The second kappa shape index (κ2) is 11.6. The summed E-state index contributed by atoms with van der Waals surface area (Å²) in [4.78, 5) is 28.9. The second-order valence-corrected chi connectivity index (χ2v) is 9.00. The van der Waals surface area contributed by atoms with Gasteiger partial charge in [-0.15, -0.1) is 0 Å². The first-order valence-electron chi connectivity index (χ1n) is 12.0. The Morgan fingerprint density at radius 1 is 1.06 bits per heavy atom. The van der Waals surface area contributed by atoms with Gasteiger partial charge in [0.1, 0.15) is 11.3 Å². The molecule has 0 aliphatic rings. The summed E-state index contributed by atoms with van der Waals surface area (Å²) in [5.41, 5.74) is 8.39. The lowest BCUT2D eigenvalue weighted by molar-refractivity contribution is -0.125. The first kappa shape index (κ1) is 25.1. The fourth-order valence-electron chi connectivity index (χ4n) is 4.24. The Hall–Kier alpha value is -3.97. The predicted octanol–water partition coefficient (Wildman–Crippen LogP) is 4.28. The molecule has 2 heterocycles. The molecule has 4 aromatic rings. The normalized spacial score (nSPS) is 12.8. The maximum Gasteiger partial charge on any atom is 0.342 e. The summed E-state index contributed by atoms with van der Waals surface area (Å²) in [6.45, 7) is 2.48. The van der Waals surface area contributed by atoms with Crippen molar-refractivity contribution < 1.29 is 19.1 Å². The molecule has 0 fully saturated rings. The third-order valence-electron chi connectivity index (χ3n) is 6.21. The van der Waals surface area contributed by atoms with Gasteiger partial charge in [-0.3, -0.25) is 9.78 Å². The minimum Gasteiger partial charge on any atom is -0.494 e. The number of unbranched alkanes of at least 4 members (excludes halogenated alkanes) is 1. The van der Waals surface area contributed by atoms with Crippen LogP contribution in [0.3, 0.4) is 0 Å². The van der Waals surface area contributed by atoms with Crippen LogP contribution >= 0.6 is 0 Å². The van der Waals surface area contributed by atoms with Gasteiger partial charge in [0.05, 0.1) is 24.2 Å². The highest BCUT2D eigenvalue weighted by Gasteiger charge is 2.29. The van der Waals surface area contributed by atoms with Crippen LogP contribution in [0.4, 0.5) is 0 Å². The van der Waals surface area contributed by atoms with Gasteiger partial charge in [-0.1, -0.05) is 23.8 Å². The molecule has 4 rings (SSSR count). The average molecular weight is 487 g/mol. The van der Waals surface area contributed by atoms with E-state index in [0.29, 0.717) is 23.3 Å². The lowest BCUT2D eigenvalue weighted by Crippen LogP contribution is -2.32. The van der Waals surface area contributed by atoms with Crippen LogP contribution in [0, 0.1) is 12.8 Å². The Balaban J connectivity index is 1.41. The van der Waals surface area contributed by atoms with Crippen LogP contribution in [-0.4, -0.2) is 22.6 Å². The monoisotopic (exact) mass is 486 g/mol. The molecule has 3 N–H and O–H groups in total. The summed E-state index contributed by atoms with van der Waals surface area (Å²) < 4.78 is 11.3. The lowest BCUT2D eigenvalue weighted by atomic mass is 9.89. The van der Waals surface area contributed by atoms with E-state index < -0.39 is 23.6 Å². The van der Waals surface area contributed by atoms with E-state index in [4.69, 9.17) is 14.9 Å².